The summed E-state index contributed by atoms with van der Waals surface area (Å²) in [5, 5.41) is 5.79. The predicted octanol–water partition coefficient (Wildman–Crippen LogP) is 3.41. The smallest absolute Gasteiger partial charge is 0.419 e. The number of nitrogens with zero attached hydrogens (tertiary/aromatic N) is 4. The van der Waals surface area contributed by atoms with Crippen LogP contribution in [0.4, 0.5) is 23.2 Å². The van der Waals surface area contributed by atoms with E-state index < -0.39 is 23.6 Å². The van der Waals surface area contributed by atoms with Crippen molar-refractivity contribution in [3.63, 3.8) is 0 Å². The number of amides is 1. The molecule has 0 saturated heterocycles. The number of rotatable bonds is 4. The highest BCUT2D eigenvalue weighted by Gasteiger charge is 2.35. The fraction of sp³-hybridized carbons (Fsp3) is 0.125. The summed E-state index contributed by atoms with van der Waals surface area (Å²) in [6.45, 7) is 0. The third-order valence-corrected chi connectivity index (χ3v) is 3.28. The zero-order chi connectivity index (χ0) is 19.6. The van der Waals surface area contributed by atoms with Crippen LogP contribution >= 0.6 is 0 Å². The highest BCUT2D eigenvalue weighted by Crippen LogP contribution is 2.31. The zero-order valence-corrected chi connectivity index (χ0v) is 13.7. The predicted molar refractivity (Wildman–Crippen MR) is 84.7 cm³/mol. The Morgan fingerprint density at radius 1 is 1.19 bits per heavy atom. The van der Waals surface area contributed by atoms with Crippen molar-refractivity contribution < 1.29 is 27.1 Å². The van der Waals surface area contributed by atoms with Crippen LogP contribution in [-0.2, 0) is 13.2 Å². The molecule has 0 spiro atoms. The van der Waals surface area contributed by atoms with Crippen LogP contribution < -0.4 is 10.1 Å². The van der Waals surface area contributed by atoms with E-state index in [9.17, 15) is 22.4 Å². The second kappa shape index (κ2) is 7.02. The molecule has 0 saturated carbocycles. The summed E-state index contributed by atoms with van der Waals surface area (Å²) in [7, 11) is 1.27. The molecule has 0 aliphatic carbocycles. The second-order valence-electron chi connectivity index (χ2n) is 5.29. The van der Waals surface area contributed by atoms with Crippen LogP contribution in [0.3, 0.4) is 0 Å². The quantitative estimate of drug-likeness (QED) is 0.701. The lowest BCUT2D eigenvalue weighted by Crippen LogP contribution is -2.14. The number of aromatic nitrogens is 4. The molecule has 3 rings (SSSR count). The molecule has 0 radical (unpaired) electrons. The molecular formula is C16H11F4N5O2. The number of aryl methyl sites for hydroxylation is 1. The summed E-state index contributed by atoms with van der Waals surface area (Å²) in [5.41, 5.74) is -0.941. The molecule has 0 aliphatic rings. The number of carbonyl (C=O) groups excluding carboxylic acids is 1. The minimum atomic E-state index is -4.62. The van der Waals surface area contributed by atoms with Gasteiger partial charge in [-0.2, -0.15) is 18.3 Å². The molecule has 11 heteroatoms. The fourth-order valence-corrected chi connectivity index (χ4v) is 2.03. The minimum absolute atomic E-state index is 0.143. The fourth-order valence-electron chi connectivity index (χ4n) is 2.03. The van der Waals surface area contributed by atoms with Crippen molar-refractivity contribution in [3.8, 4) is 11.8 Å². The van der Waals surface area contributed by atoms with Gasteiger partial charge in [-0.1, -0.05) is 0 Å². The molecule has 1 amide bonds. The first-order valence-corrected chi connectivity index (χ1v) is 7.40. The number of ether oxygens (including phenoxy) is 1. The molecular weight excluding hydrogens is 370 g/mol. The van der Waals surface area contributed by atoms with Crippen molar-refractivity contribution in [3.05, 3.63) is 59.9 Å². The topological polar surface area (TPSA) is 81.9 Å². The summed E-state index contributed by atoms with van der Waals surface area (Å²) < 4.78 is 57.1. The van der Waals surface area contributed by atoms with E-state index in [0.29, 0.717) is 11.8 Å². The standard InChI is InChI=1S/C16H11F4N5O2/c1-25-14(6-12(24-25)16(18,19)20)27-13-8-21-7-11(23-13)15(26)22-10-4-2-9(17)3-5-10/h2-8H,1H3,(H,22,26). The Morgan fingerprint density at radius 3 is 2.52 bits per heavy atom. The van der Waals surface area contributed by atoms with Gasteiger partial charge < -0.3 is 10.1 Å². The van der Waals surface area contributed by atoms with E-state index >= 15 is 0 Å². The van der Waals surface area contributed by atoms with Crippen molar-refractivity contribution in [1.82, 2.24) is 19.7 Å². The molecule has 0 fully saturated rings. The van der Waals surface area contributed by atoms with Gasteiger partial charge in [-0.05, 0) is 24.3 Å². The molecule has 27 heavy (non-hydrogen) atoms. The van der Waals surface area contributed by atoms with Crippen molar-refractivity contribution in [2.75, 3.05) is 5.32 Å². The average molecular weight is 381 g/mol. The normalized spacial score (nSPS) is 11.3. The molecule has 0 bridgehead atoms. The van der Waals surface area contributed by atoms with Crippen LogP contribution in [0.15, 0.2) is 42.7 Å². The number of anilines is 1. The van der Waals surface area contributed by atoms with Crippen LogP contribution in [0.25, 0.3) is 0 Å². The van der Waals surface area contributed by atoms with Crippen LogP contribution in [0.2, 0.25) is 0 Å². The molecule has 2 heterocycles. The number of nitrogens with one attached hydrogen (secondary N) is 1. The molecule has 0 aliphatic heterocycles. The molecule has 1 N–H and O–H groups in total. The summed E-state index contributed by atoms with van der Waals surface area (Å²) >= 11 is 0. The molecule has 140 valence electrons. The third-order valence-electron chi connectivity index (χ3n) is 3.28. The maximum atomic E-state index is 12.9. The van der Waals surface area contributed by atoms with Gasteiger partial charge in [0.15, 0.2) is 11.4 Å². The van der Waals surface area contributed by atoms with Crippen LogP contribution in [0.5, 0.6) is 11.8 Å². The average Bonchev–Trinajstić information content (AvgIpc) is 2.98. The first kappa shape index (κ1) is 18.3. The van der Waals surface area contributed by atoms with Gasteiger partial charge in [0, 0.05) is 18.8 Å². The highest BCUT2D eigenvalue weighted by molar-refractivity contribution is 6.02. The van der Waals surface area contributed by atoms with Gasteiger partial charge in [-0.25, -0.2) is 14.1 Å². The Kier molecular flexibility index (Phi) is 4.75. The van der Waals surface area contributed by atoms with Crippen molar-refractivity contribution >= 4 is 11.6 Å². The van der Waals surface area contributed by atoms with E-state index in [0.717, 1.165) is 17.1 Å². The number of hydrogen-bond donors (Lipinski definition) is 1. The van der Waals surface area contributed by atoms with E-state index in [1.54, 1.807) is 0 Å². The summed E-state index contributed by atoms with van der Waals surface area (Å²) in [5.74, 6) is -1.54. The van der Waals surface area contributed by atoms with Crippen LogP contribution in [0.1, 0.15) is 16.2 Å². The Labute approximate surface area is 149 Å². The summed E-state index contributed by atoms with van der Waals surface area (Å²) in [6.07, 6.45) is -2.34. The Morgan fingerprint density at radius 2 is 1.89 bits per heavy atom. The van der Waals surface area contributed by atoms with E-state index in [4.69, 9.17) is 4.74 Å². The van der Waals surface area contributed by atoms with E-state index in [-0.39, 0.29) is 17.5 Å². The van der Waals surface area contributed by atoms with E-state index in [1.165, 1.54) is 31.3 Å². The van der Waals surface area contributed by atoms with Gasteiger partial charge in [-0.15, -0.1) is 0 Å². The monoisotopic (exact) mass is 381 g/mol. The lowest BCUT2D eigenvalue weighted by molar-refractivity contribution is -0.141. The number of halogens is 4. The first-order chi connectivity index (χ1) is 12.7. The molecule has 7 nitrogen and oxygen atoms in total. The molecule has 3 aromatic rings. The Bertz CT molecular complexity index is 970. The Balaban J connectivity index is 1.76. The van der Waals surface area contributed by atoms with Gasteiger partial charge in [-0.3, -0.25) is 9.78 Å². The molecule has 2 aromatic heterocycles. The Hall–Kier alpha value is -3.50. The van der Waals surface area contributed by atoms with Crippen molar-refractivity contribution in [2.45, 2.75) is 6.18 Å². The number of alkyl halides is 3. The SMILES string of the molecule is Cn1nc(C(F)(F)F)cc1Oc1cncc(C(=O)Nc2ccc(F)cc2)n1. The maximum absolute atomic E-state index is 12.9. The zero-order valence-electron chi connectivity index (χ0n) is 13.7. The van der Waals surface area contributed by atoms with Gasteiger partial charge in [0.1, 0.15) is 5.82 Å². The third kappa shape index (κ3) is 4.37. The highest BCUT2D eigenvalue weighted by atomic mass is 19.4. The van der Waals surface area contributed by atoms with Gasteiger partial charge in [0.2, 0.25) is 11.8 Å². The lowest BCUT2D eigenvalue weighted by atomic mass is 10.3. The van der Waals surface area contributed by atoms with E-state index in [1.807, 2.05) is 0 Å². The number of carbonyl (C=O) groups is 1. The van der Waals surface area contributed by atoms with E-state index in [2.05, 4.69) is 20.4 Å². The van der Waals surface area contributed by atoms with Gasteiger partial charge in [0.25, 0.3) is 5.91 Å². The first-order valence-electron chi connectivity index (χ1n) is 7.40. The molecule has 0 atom stereocenters. The minimum Gasteiger partial charge on any atom is -0.419 e. The lowest BCUT2D eigenvalue weighted by Gasteiger charge is -2.07. The number of benzene rings is 1. The van der Waals surface area contributed by atoms with Crippen molar-refractivity contribution in [2.24, 2.45) is 7.05 Å². The number of hydrogen-bond acceptors (Lipinski definition) is 5. The van der Waals surface area contributed by atoms with Gasteiger partial charge in [0.05, 0.1) is 12.4 Å². The molecule has 1 aromatic carbocycles. The molecule has 0 unspecified atom stereocenters. The summed E-state index contributed by atoms with van der Waals surface area (Å²) in [4.78, 5) is 19.9. The van der Waals surface area contributed by atoms with Crippen LogP contribution in [-0.4, -0.2) is 25.7 Å². The van der Waals surface area contributed by atoms with Gasteiger partial charge >= 0.3 is 6.18 Å². The van der Waals surface area contributed by atoms with Crippen LogP contribution in [0, 0.1) is 5.82 Å². The van der Waals surface area contributed by atoms with Crippen molar-refractivity contribution in [1.29, 1.82) is 0 Å². The largest absolute Gasteiger partial charge is 0.435 e. The second-order valence-corrected chi connectivity index (χ2v) is 5.29. The maximum Gasteiger partial charge on any atom is 0.435 e. The summed E-state index contributed by atoms with van der Waals surface area (Å²) in [6, 6.07) is 5.75.